The van der Waals surface area contributed by atoms with Gasteiger partial charge < -0.3 is 9.84 Å². The number of aromatic nitrogens is 1. The summed E-state index contributed by atoms with van der Waals surface area (Å²) in [7, 11) is 0. The molecule has 2 rings (SSSR count). The van der Waals surface area contributed by atoms with Crippen molar-refractivity contribution < 1.29 is 9.84 Å². The quantitative estimate of drug-likeness (QED) is 0.880. The number of rotatable bonds is 5. The smallest absolute Gasteiger partial charge is 0.0933 e. The highest BCUT2D eigenvalue weighted by atomic mass is 32.1. The van der Waals surface area contributed by atoms with Crippen molar-refractivity contribution in [3.8, 4) is 0 Å². The first-order chi connectivity index (χ1) is 8.69. The van der Waals surface area contributed by atoms with Crippen LogP contribution in [0.4, 0.5) is 0 Å². The largest absolute Gasteiger partial charge is 0.394 e. The van der Waals surface area contributed by atoms with Crippen LogP contribution < -0.4 is 0 Å². The van der Waals surface area contributed by atoms with E-state index in [4.69, 9.17) is 9.84 Å². The number of hydrogen-bond acceptors (Lipinski definition) is 5. The summed E-state index contributed by atoms with van der Waals surface area (Å²) >= 11 is 1.72. The summed E-state index contributed by atoms with van der Waals surface area (Å²) in [5.41, 5.74) is 1.21. The zero-order valence-corrected chi connectivity index (χ0v) is 11.9. The molecule has 102 valence electrons. The van der Waals surface area contributed by atoms with Gasteiger partial charge in [-0.05, 0) is 33.2 Å². The predicted molar refractivity (Wildman–Crippen MR) is 73.0 cm³/mol. The molecule has 1 aliphatic heterocycles. The maximum absolute atomic E-state index is 9.14. The van der Waals surface area contributed by atoms with Crippen LogP contribution in [0.1, 0.15) is 24.0 Å². The first-order valence-electron chi connectivity index (χ1n) is 6.56. The Bertz CT molecular complexity index is 370. The van der Waals surface area contributed by atoms with Gasteiger partial charge in [-0.2, -0.15) is 0 Å². The van der Waals surface area contributed by atoms with E-state index in [-0.39, 0.29) is 12.7 Å². The molecule has 0 spiro atoms. The molecule has 1 fully saturated rings. The van der Waals surface area contributed by atoms with Crippen LogP contribution >= 0.6 is 11.3 Å². The van der Waals surface area contributed by atoms with Gasteiger partial charge in [-0.3, -0.25) is 4.90 Å². The van der Waals surface area contributed by atoms with Gasteiger partial charge in [0.25, 0.3) is 0 Å². The van der Waals surface area contributed by atoms with Crippen molar-refractivity contribution in [2.24, 2.45) is 0 Å². The number of nitrogens with zero attached hydrogens (tertiary/aromatic N) is 2. The number of thiazole rings is 1. The third-order valence-corrected chi connectivity index (χ3v) is 4.21. The van der Waals surface area contributed by atoms with Crippen molar-refractivity contribution in [3.05, 3.63) is 16.1 Å². The first-order valence-corrected chi connectivity index (χ1v) is 7.44. The molecule has 1 aromatic heterocycles. The van der Waals surface area contributed by atoms with E-state index in [1.807, 2.05) is 6.92 Å². The molecule has 0 amide bonds. The van der Waals surface area contributed by atoms with Crippen molar-refractivity contribution in [1.29, 1.82) is 0 Å². The Kier molecular flexibility index (Phi) is 5.12. The number of ether oxygens (including phenoxy) is 1. The molecule has 1 N–H and O–H groups in total. The minimum absolute atomic E-state index is 0.0114. The second kappa shape index (κ2) is 6.61. The highest BCUT2D eigenvalue weighted by Crippen LogP contribution is 2.14. The standard InChI is InChI=1S/C13H22N2O2S/c1-10-8-17-13(7-16)6-15(10)5-3-4-12-9-18-11(2)14-12/h9-10,13,16H,3-8H2,1-2H3. The molecule has 0 bridgehead atoms. The van der Waals surface area contributed by atoms with Crippen molar-refractivity contribution in [1.82, 2.24) is 9.88 Å². The van der Waals surface area contributed by atoms with E-state index in [1.165, 1.54) is 5.69 Å². The van der Waals surface area contributed by atoms with E-state index in [0.717, 1.165) is 37.5 Å². The molecule has 0 aromatic carbocycles. The minimum atomic E-state index is -0.0114. The van der Waals surface area contributed by atoms with E-state index < -0.39 is 0 Å². The summed E-state index contributed by atoms with van der Waals surface area (Å²) in [4.78, 5) is 6.89. The van der Waals surface area contributed by atoms with Crippen LogP contribution in [0, 0.1) is 6.92 Å². The van der Waals surface area contributed by atoms with Crippen LogP contribution in [0.5, 0.6) is 0 Å². The van der Waals surface area contributed by atoms with E-state index >= 15 is 0 Å². The van der Waals surface area contributed by atoms with Gasteiger partial charge in [-0.1, -0.05) is 0 Å². The van der Waals surface area contributed by atoms with Gasteiger partial charge in [0.2, 0.25) is 0 Å². The molecule has 1 aromatic rings. The lowest BCUT2D eigenvalue weighted by atomic mass is 10.1. The summed E-state index contributed by atoms with van der Waals surface area (Å²) in [6, 6.07) is 0.449. The van der Waals surface area contributed by atoms with E-state index in [0.29, 0.717) is 6.04 Å². The lowest BCUT2D eigenvalue weighted by molar-refractivity contribution is -0.0778. The van der Waals surface area contributed by atoms with Crippen LogP contribution in [-0.2, 0) is 11.2 Å². The molecule has 2 heterocycles. The molecular weight excluding hydrogens is 248 g/mol. The average molecular weight is 270 g/mol. The summed E-state index contributed by atoms with van der Waals surface area (Å²) < 4.78 is 5.54. The maximum atomic E-state index is 9.14. The van der Waals surface area contributed by atoms with Gasteiger partial charge in [0.15, 0.2) is 0 Å². The molecule has 18 heavy (non-hydrogen) atoms. The van der Waals surface area contributed by atoms with E-state index in [2.05, 4.69) is 22.2 Å². The van der Waals surface area contributed by atoms with Crippen LogP contribution in [0.3, 0.4) is 0 Å². The zero-order chi connectivity index (χ0) is 13.0. The Balaban J connectivity index is 1.74. The van der Waals surface area contributed by atoms with Crippen LogP contribution in [0.2, 0.25) is 0 Å². The van der Waals surface area contributed by atoms with Gasteiger partial charge in [0, 0.05) is 18.0 Å². The Morgan fingerprint density at radius 3 is 3.11 bits per heavy atom. The van der Waals surface area contributed by atoms with Crippen LogP contribution in [0.25, 0.3) is 0 Å². The molecule has 2 atom stereocenters. The number of aliphatic hydroxyl groups excluding tert-OH is 1. The minimum Gasteiger partial charge on any atom is -0.394 e. The molecular formula is C13H22N2O2S. The van der Waals surface area contributed by atoms with Crippen molar-refractivity contribution in [2.45, 2.75) is 38.8 Å². The molecule has 0 radical (unpaired) electrons. The lowest BCUT2D eigenvalue weighted by Gasteiger charge is -2.37. The van der Waals surface area contributed by atoms with Gasteiger partial charge >= 0.3 is 0 Å². The second-order valence-corrected chi connectivity index (χ2v) is 6.01. The molecule has 0 aliphatic carbocycles. The number of morpholine rings is 1. The highest BCUT2D eigenvalue weighted by molar-refractivity contribution is 7.09. The van der Waals surface area contributed by atoms with Gasteiger partial charge in [-0.15, -0.1) is 11.3 Å². The molecule has 1 saturated heterocycles. The van der Waals surface area contributed by atoms with Crippen LogP contribution in [-0.4, -0.2) is 53.4 Å². The molecule has 2 unspecified atom stereocenters. The fourth-order valence-electron chi connectivity index (χ4n) is 2.28. The first kappa shape index (κ1) is 13.9. The Morgan fingerprint density at radius 2 is 2.44 bits per heavy atom. The lowest BCUT2D eigenvalue weighted by Crippen LogP contribution is -2.49. The maximum Gasteiger partial charge on any atom is 0.0933 e. The number of hydrogen-bond donors (Lipinski definition) is 1. The number of aliphatic hydroxyl groups is 1. The summed E-state index contributed by atoms with van der Waals surface area (Å²) in [6.45, 7) is 6.96. The average Bonchev–Trinajstić information content (AvgIpc) is 2.77. The molecule has 1 aliphatic rings. The summed E-state index contributed by atoms with van der Waals surface area (Å²) in [6.07, 6.45) is 2.15. The SMILES string of the molecule is Cc1nc(CCCN2CC(CO)OCC2C)cs1. The third kappa shape index (κ3) is 3.75. The topological polar surface area (TPSA) is 45.6 Å². The van der Waals surface area contributed by atoms with Crippen molar-refractivity contribution in [2.75, 3.05) is 26.3 Å². The molecule has 0 saturated carbocycles. The van der Waals surface area contributed by atoms with Gasteiger partial charge in [0.05, 0.1) is 30.0 Å². The molecule has 5 heteroatoms. The second-order valence-electron chi connectivity index (χ2n) is 4.94. The summed E-state index contributed by atoms with van der Waals surface area (Å²) in [5.74, 6) is 0. The fraction of sp³-hybridized carbons (Fsp3) is 0.769. The molecule has 4 nitrogen and oxygen atoms in total. The van der Waals surface area contributed by atoms with E-state index in [1.54, 1.807) is 11.3 Å². The van der Waals surface area contributed by atoms with E-state index in [9.17, 15) is 0 Å². The number of aryl methyl sites for hydroxylation is 2. The monoisotopic (exact) mass is 270 g/mol. The Labute approximate surface area is 113 Å². The predicted octanol–water partition coefficient (Wildman–Crippen LogP) is 1.47. The van der Waals surface area contributed by atoms with Gasteiger partial charge in [0.1, 0.15) is 0 Å². The fourth-order valence-corrected chi connectivity index (χ4v) is 2.93. The highest BCUT2D eigenvalue weighted by Gasteiger charge is 2.24. The van der Waals surface area contributed by atoms with Crippen molar-refractivity contribution in [3.63, 3.8) is 0 Å². The zero-order valence-electron chi connectivity index (χ0n) is 11.1. The Hall–Kier alpha value is -0.490. The Morgan fingerprint density at radius 1 is 1.61 bits per heavy atom. The van der Waals surface area contributed by atoms with Crippen molar-refractivity contribution >= 4 is 11.3 Å². The van der Waals surface area contributed by atoms with Gasteiger partial charge in [-0.25, -0.2) is 4.98 Å². The van der Waals surface area contributed by atoms with Crippen LogP contribution in [0.15, 0.2) is 5.38 Å². The normalized spacial score (nSPS) is 25.5. The third-order valence-electron chi connectivity index (χ3n) is 3.38. The summed E-state index contributed by atoms with van der Waals surface area (Å²) in [5, 5.41) is 12.4.